The standard InChI is InChI=1S/C23H26N2O2/c1-16-8-9-21-19(12-22(26)27-23(21)17(16)2)13-24-20-10-11-25(15-20)14-18-6-4-3-5-7-18/h3-9,12,20,24H,10-11,13-15H2,1-2H3/p+2/t20-/m0/s1. The number of nitrogens with two attached hydrogens (primary N) is 1. The molecule has 1 unspecified atom stereocenters. The van der Waals surface area contributed by atoms with Gasteiger partial charge in [0, 0.05) is 22.6 Å². The first-order chi connectivity index (χ1) is 13.1. The van der Waals surface area contributed by atoms with Crippen molar-refractivity contribution in [2.45, 2.75) is 39.4 Å². The zero-order valence-corrected chi connectivity index (χ0v) is 16.1. The molecule has 140 valence electrons. The Labute approximate surface area is 159 Å². The number of fused-ring (bicyclic) bond motifs is 1. The summed E-state index contributed by atoms with van der Waals surface area (Å²) in [5.41, 5.74) is 5.20. The fraction of sp³-hybridized carbons (Fsp3) is 0.348. The van der Waals surface area contributed by atoms with Crippen LogP contribution in [0.5, 0.6) is 0 Å². The van der Waals surface area contributed by atoms with Crippen molar-refractivity contribution in [2.24, 2.45) is 0 Å². The molecule has 1 fully saturated rings. The van der Waals surface area contributed by atoms with E-state index in [2.05, 4.69) is 54.7 Å². The predicted molar refractivity (Wildman–Crippen MR) is 107 cm³/mol. The van der Waals surface area contributed by atoms with Gasteiger partial charge in [-0.1, -0.05) is 42.5 Å². The summed E-state index contributed by atoms with van der Waals surface area (Å²) in [5, 5.41) is 3.47. The SMILES string of the molecule is Cc1ccc2c(C[NH2+][C@H]3CC[NH+](Cc4ccccc4)C3)cc(=O)oc2c1C. The van der Waals surface area contributed by atoms with E-state index in [9.17, 15) is 4.79 Å². The van der Waals surface area contributed by atoms with E-state index in [1.807, 2.05) is 6.92 Å². The van der Waals surface area contributed by atoms with Gasteiger partial charge >= 0.3 is 5.63 Å². The number of likely N-dealkylation sites (tertiary alicyclic amines) is 1. The van der Waals surface area contributed by atoms with E-state index >= 15 is 0 Å². The topological polar surface area (TPSA) is 51.3 Å². The highest BCUT2D eigenvalue weighted by molar-refractivity contribution is 5.83. The van der Waals surface area contributed by atoms with Crippen LogP contribution in [-0.4, -0.2) is 19.1 Å². The van der Waals surface area contributed by atoms with Crippen LogP contribution in [0.15, 0.2) is 57.7 Å². The summed E-state index contributed by atoms with van der Waals surface area (Å²) in [4.78, 5) is 13.7. The Hall–Kier alpha value is -2.43. The summed E-state index contributed by atoms with van der Waals surface area (Å²) in [6.45, 7) is 8.39. The second-order valence-corrected chi connectivity index (χ2v) is 7.83. The maximum Gasteiger partial charge on any atom is 0.336 e. The lowest BCUT2D eigenvalue weighted by molar-refractivity contribution is -0.911. The molecule has 1 aliphatic heterocycles. The third-order valence-electron chi connectivity index (χ3n) is 5.91. The van der Waals surface area contributed by atoms with Crippen molar-refractivity contribution in [1.29, 1.82) is 0 Å². The van der Waals surface area contributed by atoms with Gasteiger partial charge in [-0.25, -0.2) is 4.79 Å². The molecule has 0 aliphatic carbocycles. The Morgan fingerprint density at radius 3 is 2.78 bits per heavy atom. The minimum atomic E-state index is -0.248. The molecule has 2 heterocycles. The van der Waals surface area contributed by atoms with Crippen molar-refractivity contribution in [3.05, 3.63) is 81.2 Å². The lowest BCUT2D eigenvalue weighted by Gasteiger charge is -2.13. The van der Waals surface area contributed by atoms with Crippen molar-refractivity contribution in [3.8, 4) is 0 Å². The summed E-state index contributed by atoms with van der Waals surface area (Å²) in [7, 11) is 0. The van der Waals surface area contributed by atoms with Crippen LogP contribution in [0.25, 0.3) is 11.0 Å². The highest BCUT2D eigenvalue weighted by Gasteiger charge is 2.28. The van der Waals surface area contributed by atoms with Crippen LogP contribution < -0.4 is 15.8 Å². The molecule has 2 aromatic carbocycles. The van der Waals surface area contributed by atoms with Gasteiger partial charge in [0.05, 0.1) is 13.0 Å². The molecule has 1 aromatic heterocycles. The fourth-order valence-corrected chi connectivity index (χ4v) is 4.20. The molecule has 2 atom stereocenters. The fourth-order valence-electron chi connectivity index (χ4n) is 4.20. The lowest BCUT2D eigenvalue weighted by Crippen LogP contribution is -3.10. The van der Waals surface area contributed by atoms with Crippen LogP contribution in [0.4, 0.5) is 0 Å². The molecule has 1 aliphatic rings. The Bertz CT molecular complexity index is 994. The summed E-state index contributed by atoms with van der Waals surface area (Å²) >= 11 is 0. The van der Waals surface area contributed by atoms with Crippen molar-refractivity contribution in [1.82, 2.24) is 0 Å². The largest absolute Gasteiger partial charge is 0.422 e. The highest BCUT2D eigenvalue weighted by atomic mass is 16.4. The molecule has 0 amide bonds. The quantitative estimate of drug-likeness (QED) is 0.671. The van der Waals surface area contributed by atoms with Crippen LogP contribution in [0, 0.1) is 13.8 Å². The molecule has 0 spiro atoms. The molecule has 0 bridgehead atoms. The second kappa shape index (κ2) is 7.67. The summed E-state index contributed by atoms with van der Waals surface area (Å²) in [5.74, 6) is 0. The van der Waals surface area contributed by atoms with Gasteiger partial charge in [-0.3, -0.25) is 0 Å². The van der Waals surface area contributed by atoms with E-state index in [1.54, 1.807) is 11.0 Å². The number of rotatable bonds is 5. The maximum absolute atomic E-state index is 12.0. The van der Waals surface area contributed by atoms with Crippen molar-refractivity contribution < 1.29 is 14.6 Å². The van der Waals surface area contributed by atoms with E-state index in [-0.39, 0.29) is 5.63 Å². The number of hydrogen-bond acceptors (Lipinski definition) is 2. The van der Waals surface area contributed by atoms with E-state index in [1.165, 1.54) is 25.1 Å². The van der Waals surface area contributed by atoms with Gasteiger partial charge in [-0.15, -0.1) is 0 Å². The molecule has 4 nitrogen and oxygen atoms in total. The van der Waals surface area contributed by atoms with Crippen molar-refractivity contribution in [3.63, 3.8) is 0 Å². The van der Waals surface area contributed by atoms with Gasteiger partial charge in [0.2, 0.25) is 0 Å². The lowest BCUT2D eigenvalue weighted by atomic mass is 10.0. The molecule has 4 rings (SSSR count). The first-order valence-corrected chi connectivity index (χ1v) is 9.84. The van der Waals surface area contributed by atoms with Gasteiger partial charge in [-0.2, -0.15) is 0 Å². The number of hydrogen-bond donors (Lipinski definition) is 2. The van der Waals surface area contributed by atoms with Gasteiger partial charge in [-0.05, 0) is 25.0 Å². The predicted octanol–water partition coefficient (Wildman–Crippen LogP) is 1.33. The molecule has 0 saturated carbocycles. The first-order valence-electron chi connectivity index (χ1n) is 9.84. The third kappa shape index (κ3) is 3.97. The van der Waals surface area contributed by atoms with Crippen molar-refractivity contribution in [2.75, 3.05) is 13.1 Å². The monoisotopic (exact) mass is 364 g/mol. The maximum atomic E-state index is 12.0. The van der Waals surface area contributed by atoms with Gasteiger partial charge in [0.25, 0.3) is 0 Å². The Balaban J connectivity index is 1.44. The number of quaternary nitrogens is 2. The van der Waals surface area contributed by atoms with Crippen LogP contribution in [0.3, 0.4) is 0 Å². The highest BCUT2D eigenvalue weighted by Crippen LogP contribution is 2.22. The smallest absolute Gasteiger partial charge is 0.336 e. The van der Waals surface area contributed by atoms with E-state index in [0.717, 1.165) is 40.7 Å². The van der Waals surface area contributed by atoms with Gasteiger partial charge < -0.3 is 14.6 Å². The minimum Gasteiger partial charge on any atom is -0.422 e. The number of benzene rings is 2. The molecule has 4 heteroatoms. The average Bonchev–Trinajstić information content (AvgIpc) is 3.11. The Morgan fingerprint density at radius 1 is 1.15 bits per heavy atom. The zero-order chi connectivity index (χ0) is 18.8. The molecule has 0 radical (unpaired) electrons. The van der Waals surface area contributed by atoms with Crippen LogP contribution in [-0.2, 0) is 13.1 Å². The minimum absolute atomic E-state index is 0.248. The van der Waals surface area contributed by atoms with E-state index in [4.69, 9.17) is 4.42 Å². The van der Waals surface area contributed by atoms with Crippen molar-refractivity contribution >= 4 is 11.0 Å². The molecular formula is C23H28N2O2+2. The van der Waals surface area contributed by atoms with E-state index < -0.39 is 0 Å². The molecule has 1 saturated heterocycles. The van der Waals surface area contributed by atoms with Crippen LogP contribution >= 0.6 is 0 Å². The average molecular weight is 364 g/mol. The van der Waals surface area contributed by atoms with Crippen LogP contribution in [0.1, 0.15) is 28.7 Å². The number of nitrogens with one attached hydrogen (secondary N) is 1. The summed E-state index contributed by atoms with van der Waals surface area (Å²) in [6.07, 6.45) is 1.22. The Kier molecular flexibility index (Phi) is 5.10. The molecule has 27 heavy (non-hydrogen) atoms. The molecular weight excluding hydrogens is 336 g/mol. The summed E-state index contributed by atoms with van der Waals surface area (Å²) in [6, 6.07) is 17.2. The van der Waals surface area contributed by atoms with Gasteiger partial charge in [0.15, 0.2) is 0 Å². The third-order valence-corrected chi connectivity index (χ3v) is 5.91. The molecule has 3 N–H and O–H groups in total. The normalized spacial score (nSPS) is 19.6. The van der Waals surface area contributed by atoms with Gasteiger partial charge in [0.1, 0.15) is 31.3 Å². The van der Waals surface area contributed by atoms with Crippen LogP contribution in [0.2, 0.25) is 0 Å². The van der Waals surface area contributed by atoms with E-state index in [0.29, 0.717) is 6.04 Å². The summed E-state index contributed by atoms with van der Waals surface area (Å²) < 4.78 is 5.50. The number of aryl methyl sites for hydroxylation is 2. The molecule has 3 aromatic rings. The second-order valence-electron chi connectivity index (χ2n) is 7.83. The first kappa shape index (κ1) is 18.0. The Morgan fingerprint density at radius 2 is 1.96 bits per heavy atom. The zero-order valence-electron chi connectivity index (χ0n) is 16.1.